The van der Waals surface area contributed by atoms with Crippen LogP contribution in [0.25, 0.3) is 0 Å². The van der Waals surface area contributed by atoms with Crippen molar-refractivity contribution in [2.24, 2.45) is 5.92 Å². The zero-order chi connectivity index (χ0) is 13.7. The van der Waals surface area contributed by atoms with E-state index in [1.54, 1.807) is 0 Å². The number of hydrogen-bond donors (Lipinski definition) is 1. The molecule has 0 amide bonds. The van der Waals surface area contributed by atoms with E-state index in [2.05, 4.69) is 0 Å². The van der Waals surface area contributed by atoms with Crippen molar-refractivity contribution in [3.8, 4) is 5.75 Å². The molecule has 0 bridgehead atoms. The molecule has 2 rings (SSSR count). The first-order valence-electron chi connectivity index (χ1n) is 6.77. The van der Waals surface area contributed by atoms with Crippen molar-refractivity contribution in [1.29, 1.82) is 0 Å². The second-order valence-electron chi connectivity index (χ2n) is 5.24. The van der Waals surface area contributed by atoms with Gasteiger partial charge >= 0.3 is 5.97 Å². The minimum atomic E-state index is -0.767. The van der Waals surface area contributed by atoms with Crippen molar-refractivity contribution in [3.05, 3.63) is 29.8 Å². The normalized spacial score (nSPS) is 14.6. The van der Waals surface area contributed by atoms with E-state index in [1.807, 2.05) is 36.1 Å². The van der Waals surface area contributed by atoms with Crippen LogP contribution in [0.3, 0.4) is 0 Å². The highest BCUT2D eigenvalue weighted by Crippen LogP contribution is 2.29. The molecule has 0 atom stereocenters. The number of aryl methyl sites for hydroxylation is 1. The molecule has 4 heteroatoms. The Labute approximate surface area is 114 Å². The Morgan fingerprint density at radius 2 is 2.26 bits per heavy atom. The molecule has 1 aromatic rings. The molecular weight excluding hydrogens is 242 g/mol. The first-order valence-corrected chi connectivity index (χ1v) is 6.77. The molecule has 4 nitrogen and oxygen atoms in total. The summed E-state index contributed by atoms with van der Waals surface area (Å²) in [6, 6.07) is 7.90. The van der Waals surface area contributed by atoms with Crippen molar-refractivity contribution in [2.75, 3.05) is 26.2 Å². The van der Waals surface area contributed by atoms with Gasteiger partial charge in [0.15, 0.2) is 0 Å². The van der Waals surface area contributed by atoms with Gasteiger partial charge in [0, 0.05) is 13.1 Å². The van der Waals surface area contributed by atoms with E-state index < -0.39 is 5.97 Å². The summed E-state index contributed by atoms with van der Waals surface area (Å²) in [5.74, 6) is 0.774. The number of carboxylic acids is 1. The Kier molecular flexibility index (Phi) is 4.80. The van der Waals surface area contributed by atoms with Crippen molar-refractivity contribution < 1.29 is 14.6 Å². The molecule has 19 heavy (non-hydrogen) atoms. The Morgan fingerprint density at radius 1 is 1.47 bits per heavy atom. The van der Waals surface area contributed by atoms with Crippen LogP contribution in [0.4, 0.5) is 0 Å². The highest BCUT2D eigenvalue weighted by Gasteiger charge is 2.25. The second kappa shape index (κ2) is 6.57. The van der Waals surface area contributed by atoms with Gasteiger partial charge in [-0.2, -0.15) is 0 Å². The van der Waals surface area contributed by atoms with E-state index in [1.165, 1.54) is 12.8 Å². The number of hydrogen-bond acceptors (Lipinski definition) is 3. The first-order chi connectivity index (χ1) is 9.13. The van der Waals surface area contributed by atoms with Crippen molar-refractivity contribution in [1.82, 2.24) is 4.90 Å². The van der Waals surface area contributed by atoms with Crippen LogP contribution in [0.5, 0.6) is 5.75 Å². The lowest BCUT2D eigenvalue weighted by molar-refractivity contribution is -0.138. The SMILES string of the molecule is Cc1cccc(OCCN(CC(=O)O)CC2CC2)c1. The quantitative estimate of drug-likeness (QED) is 0.781. The number of ether oxygens (including phenoxy) is 1. The standard InChI is InChI=1S/C15H21NO3/c1-12-3-2-4-14(9-12)19-8-7-16(11-15(17)18)10-13-5-6-13/h2-4,9,13H,5-8,10-11H2,1H3,(H,17,18). The molecule has 1 aromatic carbocycles. The van der Waals surface area contributed by atoms with Crippen LogP contribution >= 0.6 is 0 Å². The summed E-state index contributed by atoms with van der Waals surface area (Å²) in [6.07, 6.45) is 2.46. The average Bonchev–Trinajstić information content (AvgIpc) is 3.12. The molecule has 0 radical (unpaired) electrons. The molecule has 1 N–H and O–H groups in total. The van der Waals surface area contributed by atoms with Crippen LogP contribution in [0, 0.1) is 12.8 Å². The minimum Gasteiger partial charge on any atom is -0.492 e. The predicted molar refractivity (Wildman–Crippen MR) is 73.5 cm³/mol. The summed E-state index contributed by atoms with van der Waals surface area (Å²) < 4.78 is 5.67. The number of nitrogens with zero attached hydrogens (tertiary/aromatic N) is 1. The van der Waals surface area contributed by atoms with E-state index in [0.717, 1.165) is 17.9 Å². The van der Waals surface area contributed by atoms with Gasteiger partial charge in [0.2, 0.25) is 0 Å². The molecule has 1 aliphatic carbocycles. The monoisotopic (exact) mass is 263 g/mol. The molecule has 0 aromatic heterocycles. The zero-order valence-electron chi connectivity index (χ0n) is 11.3. The maximum atomic E-state index is 10.8. The number of benzene rings is 1. The van der Waals surface area contributed by atoms with E-state index >= 15 is 0 Å². The van der Waals surface area contributed by atoms with E-state index in [4.69, 9.17) is 9.84 Å². The predicted octanol–water partition coefficient (Wildman–Crippen LogP) is 2.17. The summed E-state index contributed by atoms with van der Waals surface area (Å²) in [4.78, 5) is 12.8. The Morgan fingerprint density at radius 3 is 2.89 bits per heavy atom. The summed E-state index contributed by atoms with van der Waals surface area (Å²) >= 11 is 0. The lowest BCUT2D eigenvalue weighted by Crippen LogP contribution is -2.35. The fourth-order valence-electron chi connectivity index (χ4n) is 2.09. The molecular formula is C15H21NO3. The topological polar surface area (TPSA) is 49.8 Å². The van der Waals surface area contributed by atoms with Crippen LogP contribution in [-0.4, -0.2) is 42.2 Å². The van der Waals surface area contributed by atoms with Gasteiger partial charge in [-0.1, -0.05) is 12.1 Å². The minimum absolute atomic E-state index is 0.105. The van der Waals surface area contributed by atoms with Crippen molar-refractivity contribution in [3.63, 3.8) is 0 Å². The maximum absolute atomic E-state index is 10.8. The van der Waals surface area contributed by atoms with Gasteiger partial charge in [0.1, 0.15) is 12.4 Å². The fraction of sp³-hybridized carbons (Fsp3) is 0.533. The largest absolute Gasteiger partial charge is 0.492 e. The summed E-state index contributed by atoms with van der Waals surface area (Å²) in [6.45, 7) is 4.20. The van der Waals surface area contributed by atoms with E-state index in [-0.39, 0.29) is 6.54 Å². The Bertz CT molecular complexity index is 429. The van der Waals surface area contributed by atoms with Gasteiger partial charge in [-0.25, -0.2) is 0 Å². The van der Waals surface area contributed by atoms with Gasteiger partial charge in [0.25, 0.3) is 0 Å². The molecule has 0 saturated heterocycles. The van der Waals surface area contributed by atoms with Gasteiger partial charge in [-0.05, 0) is 43.4 Å². The number of carbonyl (C=O) groups is 1. The number of rotatable bonds is 8. The lowest BCUT2D eigenvalue weighted by atomic mass is 10.2. The summed E-state index contributed by atoms with van der Waals surface area (Å²) in [5.41, 5.74) is 1.16. The van der Waals surface area contributed by atoms with Gasteiger partial charge in [0.05, 0.1) is 6.54 Å². The second-order valence-corrected chi connectivity index (χ2v) is 5.24. The van der Waals surface area contributed by atoms with Crippen LogP contribution < -0.4 is 4.74 Å². The smallest absolute Gasteiger partial charge is 0.317 e. The van der Waals surface area contributed by atoms with Crippen LogP contribution in [-0.2, 0) is 4.79 Å². The molecule has 1 aliphatic rings. The highest BCUT2D eigenvalue weighted by atomic mass is 16.5. The first kappa shape index (κ1) is 13.9. The fourth-order valence-corrected chi connectivity index (χ4v) is 2.09. The van der Waals surface area contributed by atoms with Gasteiger partial charge < -0.3 is 9.84 Å². The van der Waals surface area contributed by atoms with Crippen molar-refractivity contribution >= 4 is 5.97 Å². The molecule has 0 aliphatic heterocycles. The summed E-state index contributed by atoms with van der Waals surface area (Å²) in [7, 11) is 0. The third-order valence-electron chi connectivity index (χ3n) is 3.24. The molecule has 0 unspecified atom stereocenters. The average molecular weight is 263 g/mol. The Balaban J connectivity index is 1.75. The zero-order valence-corrected chi connectivity index (χ0v) is 11.3. The maximum Gasteiger partial charge on any atom is 0.317 e. The highest BCUT2D eigenvalue weighted by molar-refractivity contribution is 5.69. The lowest BCUT2D eigenvalue weighted by Gasteiger charge is -2.20. The van der Waals surface area contributed by atoms with E-state index in [9.17, 15) is 4.79 Å². The molecule has 1 saturated carbocycles. The number of carboxylic acid groups (broad SMARTS) is 1. The molecule has 1 fully saturated rings. The van der Waals surface area contributed by atoms with Crippen LogP contribution in [0.15, 0.2) is 24.3 Å². The Hall–Kier alpha value is -1.55. The third-order valence-corrected chi connectivity index (χ3v) is 3.24. The van der Waals surface area contributed by atoms with E-state index in [0.29, 0.717) is 19.1 Å². The number of aliphatic carboxylic acids is 1. The summed E-state index contributed by atoms with van der Waals surface area (Å²) in [5, 5.41) is 8.89. The third kappa shape index (κ3) is 5.30. The van der Waals surface area contributed by atoms with Crippen LogP contribution in [0.1, 0.15) is 18.4 Å². The molecule has 0 heterocycles. The van der Waals surface area contributed by atoms with Crippen LogP contribution in [0.2, 0.25) is 0 Å². The molecule has 104 valence electrons. The van der Waals surface area contributed by atoms with Gasteiger partial charge in [-0.3, -0.25) is 9.69 Å². The van der Waals surface area contributed by atoms with Crippen molar-refractivity contribution in [2.45, 2.75) is 19.8 Å². The molecule has 0 spiro atoms. The van der Waals surface area contributed by atoms with Gasteiger partial charge in [-0.15, -0.1) is 0 Å².